The topological polar surface area (TPSA) is 38.0 Å². The summed E-state index contributed by atoms with van der Waals surface area (Å²) in [5.74, 6) is 1.37. The summed E-state index contributed by atoms with van der Waals surface area (Å²) in [6.07, 6.45) is 7.66. The van der Waals surface area contributed by atoms with E-state index in [0.717, 1.165) is 25.4 Å². The highest BCUT2D eigenvalue weighted by Crippen LogP contribution is 2.57. The molecule has 0 saturated heterocycles. The maximum Gasteiger partial charge on any atom is 0.0180 e. The largest absolute Gasteiger partial charge is 0.326 e. The summed E-state index contributed by atoms with van der Waals surface area (Å²) in [5, 5.41) is 3.85. The maximum absolute atomic E-state index is 5.92. The van der Waals surface area contributed by atoms with Gasteiger partial charge in [-0.1, -0.05) is 76.6 Å². The van der Waals surface area contributed by atoms with Crippen LogP contribution in [0.1, 0.15) is 87.1 Å². The molecule has 2 nitrogen and oxygen atoms in total. The zero-order valence-electron chi connectivity index (χ0n) is 21.0. The standard InChI is InChI=1S/C29H42N2.2ClH/c1-21(2)23-10-12-26-24(18-23)11-13-27-28(3,15-7-16-29(26,27)4)20-31-17-14-22-8-5-6-9-25(22)19-30;;/h5-6,8-10,12,18,21,27,31H,7,11,13-17,19-20,30H2,1-4H3;2*1H. The van der Waals surface area contributed by atoms with Gasteiger partial charge in [0.15, 0.2) is 0 Å². The van der Waals surface area contributed by atoms with Gasteiger partial charge in [0, 0.05) is 13.1 Å². The third kappa shape index (κ3) is 5.61. The van der Waals surface area contributed by atoms with Gasteiger partial charge in [-0.05, 0) is 89.1 Å². The van der Waals surface area contributed by atoms with Crippen molar-refractivity contribution in [2.24, 2.45) is 17.1 Å². The molecule has 1 saturated carbocycles. The van der Waals surface area contributed by atoms with Crippen LogP contribution in [0.4, 0.5) is 0 Å². The Hall–Kier alpha value is -1.06. The lowest BCUT2D eigenvalue weighted by Crippen LogP contribution is -2.52. The summed E-state index contributed by atoms with van der Waals surface area (Å²) >= 11 is 0. The first kappa shape index (κ1) is 28.2. The van der Waals surface area contributed by atoms with Crippen LogP contribution < -0.4 is 11.1 Å². The molecule has 2 aromatic carbocycles. The molecule has 33 heavy (non-hydrogen) atoms. The zero-order chi connectivity index (χ0) is 22.1. The molecule has 2 aliphatic carbocycles. The third-order valence-electron chi connectivity index (χ3n) is 8.61. The molecule has 3 atom stereocenters. The van der Waals surface area contributed by atoms with Crippen LogP contribution in [0.5, 0.6) is 0 Å². The molecule has 0 radical (unpaired) electrons. The fourth-order valence-electron chi connectivity index (χ4n) is 6.81. The number of hydrogen-bond acceptors (Lipinski definition) is 2. The van der Waals surface area contributed by atoms with Crippen LogP contribution in [0.2, 0.25) is 0 Å². The fourth-order valence-corrected chi connectivity index (χ4v) is 6.81. The van der Waals surface area contributed by atoms with Crippen LogP contribution in [-0.2, 0) is 24.8 Å². The minimum Gasteiger partial charge on any atom is -0.326 e. The Morgan fingerprint density at radius 2 is 1.76 bits per heavy atom. The summed E-state index contributed by atoms with van der Waals surface area (Å²) in [4.78, 5) is 0. The SMILES string of the molecule is CC(C)c1ccc2c(c1)CCC1C(C)(CNCCc3ccccc3CN)CCCC21C.Cl.Cl. The summed E-state index contributed by atoms with van der Waals surface area (Å²) < 4.78 is 0. The van der Waals surface area contributed by atoms with Crippen molar-refractivity contribution in [3.8, 4) is 0 Å². The van der Waals surface area contributed by atoms with Crippen molar-refractivity contribution in [2.75, 3.05) is 13.1 Å². The average Bonchev–Trinajstić information content (AvgIpc) is 2.76. The van der Waals surface area contributed by atoms with Crippen molar-refractivity contribution < 1.29 is 0 Å². The molecular formula is C29H44Cl2N2. The van der Waals surface area contributed by atoms with Gasteiger partial charge in [0.1, 0.15) is 0 Å². The van der Waals surface area contributed by atoms with Crippen LogP contribution in [0.3, 0.4) is 0 Å². The minimum absolute atomic E-state index is 0. The van der Waals surface area contributed by atoms with E-state index in [1.54, 1.807) is 11.1 Å². The molecule has 0 aliphatic heterocycles. The number of hydrogen-bond donors (Lipinski definition) is 2. The zero-order valence-corrected chi connectivity index (χ0v) is 22.6. The molecular weight excluding hydrogens is 447 g/mol. The highest BCUT2D eigenvalue weighted by atomic mass is 35.5. The van der Waals surface area contributed by atoms with Crippen molar-refractivity contribution in [3.05, 3.63) is 70.3 Å². The van der Waals surface area contributed by atoms with E-state index in [4.69, 9.17) is 5.73 Å². The summed E-state index contributed by atoms with van der Waals surface area (Å²) in [5.41, 5.74) is 14.1. The second-order valence-electron chi connectivity index (χ2n) is 11.0. The first-order valence-corrected chi connectivity index (χ1v) is 12.5. The Kier molecular flexibility index (Phi) is 9.89. The first-order valence-electron chi connectivity index (χ1n) is 12.5. The number of rotatable bonds is 7. The van der Waals surface area contributed by atoms with E-state index in [1.165, 1.54) is 48.8 Å². The molecule has 3 unspecified atom stereocenters. The van der Waals surface area contributed by atoms with E-state index in [0.29, 0.717) is 23.3 Å². The van der Waals surface area contributed by atoms with Crippen LogP contribution >= 0.6 is 24.8 Å². The second kappa shape index (κ2) is 11.6. The number of halogens is 2. The van der Waals surface area contributed by atoms with E-state index >= 15 is 0 Å². The van der Waals surface area contributed by atoms with Crippen LogP contribution in [0, 0.1) is 11.3 Å². The lowest BCUT2D eigenvalue weighted by atomic mass is 9.49. The van der Waals surface area contributed by atoms with Crippen LogP contribution in [0.15, 0.2) is 42.5 Å². The molecule has 4 heteroatoms. The van der Waals surface area contributed by atoms with Crippen LogP contribution in [0.25, 0.3) is 0 Å². The molecule has 4 rings (SSSR count). The van der Waals surface area contributed by atoms with Crippen molar-refractivity contribution in [1.82, 2.24) is 5.32 Å². The molecule has 0 aromatic heterocycles. The quantitative estimate of drug-likeness (QED) is 0.411. The fraction of sp³-hybridized carbons (Fsp3) is 0.586. The predicted molar refractivity (Wildman–Crippen MR) is 147 cm³/mol. The lowest BCUT2D eigenvalue weighted by molar-refractivity contribution is 0.0261. The first-order chi connectivity index (χ1) is 14.9. The Morgan fingerprint density at radius 1 is 1.03 bits per heavy atom. The van der Waals surface area contributed by atoms with E-state index < -0.39 is 0 Å². The molecule has 2 aliphatic rings. The summed E-state index contributed by atoms with van der Waals surface area (Å²) in [6.45, 7) is 12.5. The molecule has 0 heterocycles. The summed E-state index contributed by atoms with van der Waals surface area (Å²) in [7, 11) is 0. The monoisotopic (exact) mass is 490 g/mol. The number of nitrogens with one attached hydrogen (secondary N) is 1. The van der Waals surface area contributed by atoms with Gasteiger partial charge in [0.05, 0.1) is 0 Å². The van der Waals surface area contributed by atoms with E-state index in [9.17, 15) is 0 Å². The predicted octanol–water partition coefficient (Wildman–Crippen LogP) is 6.95. The van der Waals surface area contributed by atoms with Crippen molar-refractivity contribution in [1.29, 1.82) is 0 Å². The van der Waals surface area contributed by atoms with E-state index in [-0.39, 0.29) is 24.8 Å². The minimum atomic E-state index is 0. The Morgan fingerprint density at radius 3 is 2.45 bits per heavy atom. The third-order valence-corrected chi connectivity index (χ3v) is 8.61. The smallest absolute Gasteiger partial charge is 0.0180 e. The molecule has 0 bridgehead atoms. The number of fused-ring (bicyclic) bond motifs is 3. The van der Waals surface area contributed by atoms with Gasteiger partial charge in [-0.2, -0.15) is 0 Å². The normalized spacial score (nSPS) is 26.1. The Balaban J connectivity index is 0.00000193. The number of benzene rings is 2. The van der Waals surface area contributed by atoms with Gasteiger partial charge in [-0.3, -0.25) is 0 Å². The van der Waals surface area contributed by atoms with Crippen molar-refractivity contribution in [2.45, 2.75) is 84.1 Å². The van der Waals surface area contributed by atoms with Crippen molar-refractivity contribution >= 4 is 24.8 Å². The summed E-state index contributed by atoms with van der Waals surface area (Å²) in [6, 6.07) is 16.0. The van der Waals surface area contributed by atoms with Gasteiger partial charge >= 0.3 is 0 Å². The Labute approximate surface area is 214 Å². The maximum atomic E-state index is 5.92. The van der Waals surface area contributed by atoms with Crippen molar-refractivity contribution in [3.63, 3.8) is 0 Å². The van der Waals surface area contributed by atoms with E-state index in [2.05, 4.69) is 75.5 Å². The number of aryl methyl sites for hydroxylation is 1. The highest BCUT2D eigenvalue weighted by molar-refractivity contribution is 5.85. The molecule has 1 fully saturated rings. The van der Waals surface area contributed by atoms with E-state index in [1.807, 2.05) is 0 Å². The molecule has 0 amide bonds. The average molecular weight is 492 g/mol. The molecule has 3 N–H and O–H groups in total. The Bertz CT molecular complexity index is 912. The lowest BCUT2D eigenvalue weighted by Gasteiger charge is -2.55. The molecule has 0 spiro atoms. The highest BCUT2D eigenvalue weighted by Gasteiger charge is 2.51. The van der Waals surface area contributed by atoms with Gasteiger partial charge < -0.3 is 11.1 Å². The second-order valence-corrected chi connectivity index (χ2v) is 11.0. The van der Waals surface area contributed by atoms with Gasteiger partial charge in [0.25, 0.3) is 0 Å². The molecule has 2 aromatic rings. The van der Waals surface area contributed by atoms with Crippen LogP contribution in [-0.4, -0.2) is 13.1 Å². The van der Waals surface area contributed by atoms with Gasteiger partial charge in [-0.15, -0.1) is 24.8 Å². The van der Waals surface area contributed by atoms with Gasteiger partial charge in [-0.25, -0.2) is 0 Å². The van der Waals surface area contributed by atoms with Gasteiger partial charge in [0.2, 0.25) is 0 Å². The molecule has 184 valence electrons. The number of nitrogens with two attached hydrogens (primary N) is 1.